The normalized spacial score (nSPS) is 11.2. The van der Waals surface area contributed by atoms with Crippen LogP contribution in [0.25, 0.3) is 0 Å². The second-order valence-corrected chi connectivity index (χ2v) is 6.08. The van der Waals surface area contributed by atoms with E-state index in [9.17, 15) is 8.42 Å². The summed E-state index contributed by atoms with van der Waals surface area (Å²) in [5, 5.41) is 3.24. The zero-order valence-corrected chi connectivity index (χ0v) is 11.8. The number of hydrogen-bond acceptors (Lipinski definition) is 4. The van der Waals surface area contributed by atoms with Crippen molar-refractivity contribution in [2.24, 2.45) is 0 Å². The fourth-order valence-corrected chi connectivity index (χ4v) is 1.98. The van der Waals surface area contributed by atoms with Crippen LogP contribution in [0.1, 0.15) is 33.1 Å². The summed E-state index contributed by atoms with van der Waals surface area (Å²) in [5.41, 5.74) is 0.908. The van der Waals surface area contributed by atoms with Crippen LogP contribution in [0, 0.1) is 0 Å². The highest BCUT2D eigenvalue weighted by Crippen LogP contribution is 2.11. The molecule has 1 heterocycles. The SMILES string of the molecule is CCCCCNc1ccc(NS(=O)(=O)CC)nc1. The van der Waals surface area contributed by atoms with E-state index in [2.05, 4.69) is 21.9 Å². The maximum atomic E-state index is 11.3. The third-order valence-corrected chi connectivity index (χ3v) is 3.79. The fraction of sp³-hybridized carbons (Fsp3) is 0.583. The van der Waals surface area contributed by atoms with Crippen LogP contribution < -0.4 is 10.0 Å². The zero-order valence-electron chi connectivity index (χ0n) is 10.9. The largest absolute Gasteiger partial charge is 0.384 e. The van der Waals surface area contributed by atoms with Crippen LogP contribution in [0.5, 0.6) is 0 Å². The number of hydrogen-bond donors (Lipinski definition) is 2. The van der Waals surface area contributed by atoms with E-state index in [1.807, 2.05) is 6.07 Å². The molecule has 5 nitrogen and oxygen atoms in total. The van der Waals surface area contributed by atoms with Crippen LogP contribution in [-0.4, -0.2) is 25.7 Å². The first-order valence-electron chi connectivity index (χ1n) is 6.28. The lowest BCUT2D eigenvalue weighted by molar-refractivity contribution is 0.602. The Balaban J connectivity index is 2.47. The smallest absolute Gasteiger partial charge is 0.233 e. The molecule has 1 aromatic heterocycles. The summed E-state index contributed by atoms with van der Waals surface area (Å²) in [5.74, 6) is 0.405. The first-order valence-corrected chi connectivity index (χ1v) is 7.93. The lowest BCUT2D eigenvalue weighted by Crippen LogP contribution is -2.15. The Morgan fingerprint density at radius 1 is 1.22 bits per heavy atom. The summed E-state index contributed by atoms with van der Waals surface area (Å²) >= 11 is 0. The molecule has 0 saturated carbocycles. The summed E-state index contributed by atoms with van der Waals surface area (Å²) in [4.78, 5) is 4.06. The number of anilines is 2. The summed E-state index contributed by atoms with van der Waals surface area (Å²) < 4.78 is 25.1. The molecule has 0 fully saturated rings. The number of rotatable bonds is 8. The van der Waals surface area contributed by atoms with Gasteiger partial charge < -0.3 is 5.32 Å². The molecule has 0 amide bonds. The molecule has 0 radical (unpaired) electrons. The number of nitrogens with one attached hydrogen (secondary N) is 2. The van der Waals surface area contributed by atoms with Crippen molar-refractivity contribution in [1.29, 1.82) is 0 Å². The molecule has 0 aliphatic heterocycles. The van der Waals surface area contributed by atoms with Gasteiger partial charge in [-0.25, -0.2) is 13.4 Å². The molecule has 0 aliphatic rings. The van der Waals surface area contributed by atoms with Crippen LogP contribution in [-0.2, 0) is 10.0 Å². The van der Waals surface area contributed by atoms with Gasteiger partial charge in [0.25, 0.3) is 0 Å². The standard InChI is InChI=1S/C12H21N3O2S/c1-3-5-6-9-13-11-7-8-12(14-10-11)15-18(16,17)4-2/h7-8,10,13H,3-6,9H2,1-2H3,(H,14,15). The van der Waals surface area contributed by atoms with Gasteiger partial charge in [-0.1, -0.05) is 19.8 Å². The van der Waals surface area contributed by atoms with Crippen molar-refractivity contribution >= 4 is 21.5 Å². The molecule has 0 aliphatic carbocycles. The van der Waals surface area contributed by atoms with Crippen LogP contribution in [0.2, 0.25) is 0 Å². The Bertz CT molecular complexity index is 443. The maximum Gasteiger partial charge on any atom is 0.233 e. The van der Waals surface area contributed by atoms with Crippen molar-refractivity contribution in [2.75, 3.05) is 22.3 Å². The Hall–Kier alpha value is -1.30. The highest BCUT2D eigenvalue weighted by molar-refractivity contribution is 7.92. The Morgan fingerprint density at radius 2 is 2.00 bits per heavy atom. The van der Waals surface area contributed by atoms with Gasteiger partial charge in [-0.3, -0.25) is 4.72 Å². The van der Waals surface area contributed by atoms with E-state index >= 15 is 0 Å². The van der Waals surface area contributed by atoms with E-state index in [1.54, 1.807) is 19.2 Å². The molecule has 0 aromatic carbocycles. The van der Waals surface area contributed by atoms with Gasteiger partial charge in [-0.2, -0.15) is 0 Å². The van der Waals surface area contributed by atoms with Gasteiger partial charge in [0.2, 0.25) is 10.0 Å². The second-order valence-electron chi connectivity index (χ2n) is 4.07. The molecular weight excluding hydrogens is 250 g/mol. The van der Waals surface area contributed by atoms with Gasteiger partial charge in [0.15, 0.2) is 0 Å². The first kappa shape index (κ1) is 14.8. The van der Waals surface area contributed by atoms with E-state index in [0.29, 0.717) is 5.82 Å². The van der Waals surface area contributed by atoms with Crippen molar-refractivity contribution in [3.05, 3.63) is 18.3 Å². The van der Waals surface area contributed by atoms with Gasteiger partial charge in [0.05, 0.1) is 17.6 Å². The molecule has 2 N–H and O–H groups in total. The molecule has 0 unspecified atom stereocenters. The highest BCUT2D eigenvalue weighted by atomic mass is 32.2. The Kier molecular flexibility index (Phi) is 5.91. The number of pyridine rings is 1. The number of aromatic nitrogens is 1. The first-order chi connectivity index (χ1) is 8.57. The predicted molar refractivity (Wildman–Crippen MR) is 75.3 cm³/mol. The summed E-state index contributed by atoms with van der Waals surface area (Å²) in [6.07, 6.45) is 5.16. The zero-order chi connectivity index (χ0) is 13.4. The molecule has 102 valence electrons. The van der Waals surface area contributed by atoms with Gasteiger partial charge in [-0.15, -0.1) is 0 Å². The van der Waals surface area contributed by atoms with E-state index in [4.69, 9.17) is 0 Å². The van der Waals surface area contributed by atoms with Gasteiger partial charge in [0, 0.05) is 6.54 Å². The van der Waals surface area contributed by atoms with Crippen molar-refractivity contribution in [3.63, 3.8) is 0 Å². The van der Waals surface area contributed by atoms with Crippen molar-refractivity contribution < 1.29 is 8.42 Å². The number of unbranched alkanes of at least 4 members (excludes halogenated alkanes) is 2. The quantitative estimate of drug-likeness (QED) is 0.712. The fourth-order valence-electron chi connectivity index (χ4n) is 1.40. The van der Waals surface area contributed by atoms with Crippen molar-refractivity contribution in [2.45, 2.75) is 33.1 Å². The Labute approximate surface area is 109 Å². The summed E-state index contributed by atoms with van der Waals surface area (Å²) in [7, 11) is -3.24. The van der Waals surface area contributed by atoms with Crippen molar-refractivity contribution in [3.8, 4) is 0 Å². The third kappa shape index (κ3) is 5.35. The topological polar surface area (TPSA) is 71.1 Å². The van der Waals surface area contributed by atoms with Crippen LogP contribution in [0.15, 0.2) is 18.3 Å². The van der Waals surface area contributed by atoms with Crippen molar-refractivity contribution in [1.82, 2.24) is 4.98 Å². The molecule has 1 rings (SSSR count). The summed E-state index contributed by atoms with van der Waals surface area (Å²) in [6, 6.07) is 3.49. The minimum Gasteiger partial charge on any atom is -0.384 e. The second kappa shape index (κ2) is 7.20. The average molecular weight is 271 g/mol. The molecule has 0 atom stereocenters. The van der Waals surface area contributed by atoms with Gasteiger partial charge in [0.1, 0.15) is 5.82 Å². The average Bonchev–Trinajstić information content (AvgIpc) is 2.36. The molecule has 0 spiro atoms. The van der Waals surface area contributed by atoms with Gasteiger partial charge in [-0.05, 0) is 25.5 Å². The van der Waals surface area contributed by atoms with Gasteiger partial charge >= 0.3 is 0 Å². The molecule has 0 saturated heterocycles. The summed E-state index contributed by atoms with van der Waals surface area (Å²) in [6.45, 7) is 4.66. The molecular formula is C12H21N3O2S. The highest BCUT2D eigenvalue weighted by Gasteiger charge is 2.06. The van der Waals surface area contributed by atoms with E-state index < -0.39 is 10.0 Å². The molecule has 6 heteroatoms. The molecule has 1 aromatic rings. The number of sulfonamides is 1. The van der Waals surface area contributed by atoms with E-state index in [1.165, 1.54) is 12.8 Å². The van der Waals surface area contributed by atoms with E-state index in [-0.39, 0.29) is 5.75 Å². The maximum absolute atomic E-state index is 11.3. The molecule has 0 bridgehead atoms. The third-order valence-electron chi connectivity index (χ3n) is 2.51. The van der Waals surface area contributed by atoms with Crippen LogP contribution in [0.3, 0.4) is 0 Å². The van der Waals surface area contributed by atoms with Crippen LogP contribution in [0.4, 0.5) is 11.5 Å². The monoisotopic (exact) mass is 271 g/mol. The minimum absolute atomic E-state index is 0.0473. The molecule has 18 heavy (non-hydrogen) atoms. The predicted octanol–water partition coefficient (Wildman–Crippen LogP) is 2.45. The Morgan fingerprint density at radius 3 is 2.56 bits per heavy atom. The minimum atomic E-state index is -3.24. The van der Waals surface area contributed by atoms with Crippen LogP contribution >= 0.6 is 0 Å². The lowest BCUT2D eigenvalue weighted by Gasteiger charge is -2.08. The lowest BCUT2D eigenvalue weighted by atomic mass is 10.2. The number of nitrogens with zero attached hydrogens (tertiary/aromatic N) is 1. The van der Waals surface area contributed by atoms with E-state index in [0.717, 1.165) is 18.7 Å².